The smallest absolute Gasteiger partial charge is 0.0474 e. The minimum Gasteiger partial charge on any atom is -0.396 e. The maximum atomic E-state index is 9.19. The second kappa shape index (κ2) is 4.24. The molecule has 2 N–H and O–H groups in total. The van der Waals surface area contributed by atoms with Crippen LogP contribution in [0.15, 0.2) is 0 Å². The highest BCUT2D eigenvalue weighted by molar-refractivity contribution is 4.85. The Morgan fingerprint density at radius 1 is 1.50 bits per heavy atom. The van der Waals surface area contributed by atoms with Crippen molar-refractivity contribution in [2.24, 2.45) is 17.8 Å². The average molecular weight is 171 g/mol. The Hall–Kier alpha value is -0.0800. The third kappa shape index (κ3) is 2.20. The van der Waals surface area contributed by atoms with E-state index in [0.717, 1.165) is 12.5 Å². The number of aliphatic hydroxyl groups is 1. The van der Waals surface area contributed by atoms with Crippen molar-refractivity contribution in [1.29, 1.82) is 0 Å². The summed E-state index contributed by atoms with van der Waals surface area (Å²) >= 11 is 0. The first-order chi connectivity index (χ1) is 5.65. The Labute approximate surface area is 75.4 Å². The largest absolute Gasteiger partial charge is 0.396 e. The molecule has 0 aromatic heterocycles. The maximum absolute atomic E-state index is 9.19. The van der Waals surface area contributed by atoms with Crippen LogP contribution >= 0.6 is 0 Å². The van der Waals surface area contributed by atoms with Crippen LogP contribution in [0.2, 0.25) is 0 Å². The maximum Gasteiger partial charge on any atom is 0.0474 e. The molecule has 2 nitrogen and oxygen atoms in total. The normalized spacial score (nSPS) is 37.2. The zero-order valence-corrected chi connectivity index (χ0v) is 8.38. The van der Waals surface area contributed by atoms with Gasteiger partial charge >= 0.3 is 0 Å². The predicted octanol–water partition coefficient (Wildman–Crippen LogP) is 1.25. The first-order valence-corrected chi connectivity index (χ1v) is 4.99. The van der Waals surface area contributed by atoms with Gasteiger partial charge in [0.05, 0.1) is 0 Å². The molecular weight excluding hydrogens is 150 g/mol. The third-order valence-corrected chi connectivity index (χ3v) is 2.87. The third-order valence-electron chi connectivity index (χ3n) is 2.87. The summed E-state index contributed by atoms with van der Waals surface area (Å²) in [5.41, 5.74) is 0. The summed E-state index contributed by atoms with van der Waals surface area (Å²) in [5, 5.41) is 12.7. The Morgan fingerprint density at radius 2 is 2.17 bits per heavy atom. The lowest BCUT2D eigenvalue weighted by molar-refractivity contribution is 0.114. The highest BCUT2D eigenvalue weighted by Gasteiger charge is 2.29. The first kappa shape index (κ1) is 10.0. The molecule has 72 valence electrons. The van der Waals surface area contributed by atoms with Crippen molar-refractivity contribution >= 4 is 0 Å². The van der Waals surface area contributed by atoms with Crippen molar-refractivity contribution in [3.8, 4) is 0 Å². The summed E-state index contributed by atoms with van der Waals surface area (Å²) in [7, 11) is 0. The molecule has 0 aromatic carbocycles. The van der Waals surface area contributed by atoms with Gasteiger partial charge in [0, 0.05) is 12.6 Å². The molecule has 1 aliphatic rings. The number of rotatable bonds is 2. The molecule has 0 radical (unpaired) electrons. The van der Waals surface area contributed by atoms with E-state index in [1.807, 2.05) is 0 Å². The lowest BCUT2D eigenvalue weighted by atomic mass is 9.81. The monoisotopic (exact) mass is 171 g/mol. The molecular formula is C10H21NO. The Bertz CT molecular complexity index is 136. The van der Waals surface area contributed by atoms with Crippen LogP contribution in [-0.2, 0) is 0 Å². The molecule has 2 heteroatoms. The van der Waals surface area contributed by atoms with Crippen LogP contribution in [0.25, 0.3) is 0 Å². The lowest BCUT2D eigenvalue weighted by Gasteiger charge is -2.37. The van der Waals surface area contributed by atoms with Gasteiger partial charge in [0.2, 0.25) is 0 Å². The molecule has 0 saturated carbocycles. The van der Waals surface area contributed by atoms with Gasteiger partial charge in [-0.05, 0) is 30.7 Å². The van der Waals surface area contributed by atoms with Crippen LogP contribution in [0.5, 0.6) is 0 Å². The fraction of sp³-hybridized carbons (Fsp3) is 1.00. The molecule has 1 fully saturated rings. The van der Waals surface area contributed by atoms with Gasteiger partial charge in [-0.2, -0.15) is 0 Å². The quantitative estimate of drug-likeness (QED) is 0.655. The van der Waals surface area contributed by atoms with Gasteiger partial charge in [0.15, 0.2) is 0 Å². The number of nitrogens with one attached hydrogen (secondary N) is 1. The summed E-state index contributed by atoms with van der Waals surface area (Å²) < 4.78 is 0. The van der Waals surface area contributed by atoms with E-state index in [2.05, 4.69) is 26.1 Å². The fourth-order valence-electron chi connectivity index (χ4n) is 2.22. The van der Waals surface area contributed by atoms with Crippen molar-refractivity contribution < 1.29 is 5.11 Å². The highest BCUT2D eigenvalue weighted by atomic mass is 16.3. The van der Waals surface area contributed by atoms with E-state index in [1.165, 1.54) is 6.42 Å². The molecule has 3 unspecified atom stereocenters. The molecule has 0 bridgehead atoms. The van der Waals surface area contributed by atoms with E-state index in [9.17, 15) is 5.11 Å². The van der Waals surface area contributed by atoms with Crippen LogP contribution in [0, 0.1) is 17.8 Å². The van der Waals surface area contributed by atoms with E-state index in [-0.39, 0.29) is 0 Å². The molecule has 0 amide bonds. The predicted molar refractivity (Wildman–Crippen MR) is 51.0 cm³/mol. The first-order valence-electron chi connectivity index (χ1n) is 4.99. The van der Waals surface area contributed by atoms with Gasteiger partial charge in [0.25, 0.3) is 0 Å². The topological polar surface area (TPSA) is 32.3 Å². The van der Waals surface area contributed by atoms with Gasteiger partial charge in [0.1, 0.15) is 0 Å². The average Bonchev–Trinajstić information content (AvgIpc) is 2.03. The van der Waals surface area contributed by atoms with E-state index >= 15 is 0 Å². The van der Waals surface area contributed by atoms with Crippen molar-refractivity contribution in [3.05, 3.63) is 0 Å². The van der Waals surface area contributed by atoms with Gasteiger partial charge in [-0.15, -0.1) is 0 Å². The van der Waals surface area contributed by atoms with Gasteiger partial charge in [-0.1, -0.05) is 20.8 Å². The number of aliphatic hydroxyl groups excluding tert-OH is 1. The van der Waals surface area contributed by atoms with Crippen LogP contribution in [0.3, 0.4) is 0 Å². The Balaban J connectivity index is 2.50. The summed E-state index contributed by atoms with van der Waals surface area (Å²) in [6, 6.07) is 0.520. The van der Waals surface area contributed by atoms with E-state index in [4.69, 9.17) is 0 Å². The lowest BCUT2D eigenvalue weighted by Crippen LogP contribution is -2.48. The SMILES string of the molecule is CC1CNC(C(C)C)C(CO)C1. The summed E-state index contributed by atoms with van der Waals surface area (Å²) in [5.74, 6) is 1.82. The Kier molecular flexibility index (Phi) is 3.53. The molecule has 1 aliphatic heterocycles. The number of hydrogen-bond donors (Lipinski definition) is 2. The fourth-order valence-corrected chi connectivity index (χ4v) is 2.22. The second-order valence-electron chi connectivity index (χ2n) is 4.46. The number of piperidine rings is 1. The molecule has 1 rings (SSSR count). The highest BCUT2D eigenvalue weighted by Crippen LogP contribution is 2.24. The molecule has 1 heterocycles. The molecule has 3 atom stereocenters. The molecule has 12 heavy (non-hydrogen) atoms. The minimum absolute atomic E-state index is 0.334. The molecule has 0 spiro atoms. The Morgan fingerprint density at radius 3 is 2.67 bits per heavy atom. The van der Waals surface area contributed by atoms with Crippen molar-refractivity contribution in [1.82, 2.24) is 5.32 Å². The van der Waals surface area contributed by atoms with Crippen LogP contribution in [0.4, 0.5) is 0 Å². The molecule has 0 aliphatic carbocycles. The molecule has 1 saturated heterocycles. The summed E-state index contributed by atoms with van der Waals surface area (Å²) in [4.78, 5) is 0. The zero-order valence-electron chi connectivity index (χ0n) is 8.38. The van der Waals surface area contributed by atoms with Crippen LogP contribution in [-0.4, -0.2) is 24.3 Å². The van der Waals surface area contributed by atoms with Crippen molar-refractivity contribution in [2.75, 3.05) is 13.2 Å². The summed E-state index contributed by atoms with van der Waals surface area (Å²) in [6.07, 6.45) is 1.17. The number of hydrogen-bond acceptors (Lipinski definition) is 2. The van der Waals surface area contributed by atoms with Crippen LogP contribution in [0.1, 0.15) is 27.2 Å². The standard InChI is InChI=1S/C10H21NO/c1-7(2)10-9(6-12)4-8(3)5-11-10/h7-12H,4-6H2,1-3H3. The van der Waals surface area contributed by atoms with E-state index in [1.54, 1.807) is 0 Å². The van der Waals surface area contributed by atoms with Crippen molar-refractivity contribution in [3.63, 3.8) is 0 Å². The van der Waals surface area contributed by atoms with E-state index < -0.39 is 0 Å². The minimum atomic E-state index is 0.334. The van der Waals surface area contributed by atoms with Gasteiger partial charge in [-0.25, -0.2) is 0 Å². The molecule has 0 aromatic rings. The summed E-state index contributed by atoms with van der Waals surface area (Å²) in [6.45, 7) is 8.12. The van der Waals surface area contributed by atoms with Crippen LogP contribution < -0.4 is 5.32 Å². The zero-order chi connectivity index (χ0) is 9.14. The van der Waals surface area contributed by atoms with Crippen molar-refractivity contribution in [2.45, 2.75) is 33.2 Å². The second-order valence-corrected chi connectivity index (χ2v) is 4.46. The van der Waals surface area contributed by atoms with Gasteiger partial charge < -0.3 is 10.4 Å². The van der Waals surface area contributed by atoms with E-state index in [0.29, 0.717) is 24.5 Å². The van der Waals surface area contributed by atoms with Gasteiger partial charge in [-0.3, -0.25) is 0 Å².